The van der Waals surface area contributed by atoms with Gasteiger partial charge < -0.3 is 4.90 Å². The summed E-state index contributed by atoms with van der Waals surface area (Å²) in [5, 5.41) is 0. The Labute approximate surface area is 119 Å². The number of rotatable bonds is 5. The molecule has 0 heterocycles. The third kappa shape index (κ3) is 3.37. The molecule has 2 aromatic rings. The number of anilines is 1. The smallest absolute Gasteiger partial charge is 0.296 e. The molecule has 2 aromatic carbocycles. The predicted octanol–water partition coefficient (Wildman–Crippen LogP) is 2.96. The van der Waals surface area contributed by atoms with Crippen LogP contribution in [0.1, 0.15) is 12.5 Å². The van der Waals surface area contributed by atoms with Gasteiger partial charge in [0.1, 0.15) is 4.90 Å². The molecule has 0 amide bonds. The quantitative estimate of drug-likeness (QED) is 0.860. The van der Waals surface area contributed by atoms with Crippen molar-refractivity contribution in [3.63, 3.8) is 0 Å². The number of nitrogens with zero attached hydrogens (tertiary/aromatic N) is 1. The predicted molar refractivity (Wildman–Crippen MR) is 79.4 cm³/mol. The highest BCUT2D eigenvalue weighted by Crippen LogP contribution is 2.26. The lowest BCUT2D eigenvalue weighted by atomic mass is 10.2. The maximum absolute atomic E-state index is 11.5. The number of benzene rings is 2. The summed E-state index contributed by atoms with van der Waals surface area (Å²) in [7, 11) is -4.22. The Hall–Kier alpha value is -1.85. The standard InChI is InChI=1S/C15H17NO3S/c1-2-16(12-13-8-4-3-5-9-13)14-10-6-7-11-15(14)20(17,18)19/h3-11H,2,12H2,1H3,(H,17,18,19). The average molecular weight is 291 g/mol. The van der Waals surface area contributed by atoms with E-state index in [4.69, 9.17) is 0 Å². The summed E-state index contributed by atoms with van der Waals surface area (Å²) in [6.45, 7) is 3.18. The van der Waals surface area contributed by atoms with Crippen LogP contribution in [0, 0.1) is 0 Å². The van der Waals surface area contributed by atoms with Gasteiger partial charge in [-0.25, -0.2) is 0 Å². The first-order valence-electron chi connectivity index (χ1n) is 6.37. The molecule has 0 aliphatic rings. The first kappa shape index (κ1) is 14.6. The lowest BCUT2D eigenvalue weighted by Gasteiger charge is -2.25. The van der Waals surface area contributed by atoms with Crippen LogP contribution in [0.2, 0.25) is 0 Å². The molecule has 106 valence electrons. The highest BCUT2D eigenvalue weighted by Gasteiger charge is 2.18. The zero-order valence-electron chi connectivity index (χ0n) is 11.2. The Morgan fingerprint density at radius 2 is 1.60 bits per heavy atom. The fraction of sp³-hybridized carbons (Fsp3) is 0.200. The van der Waals surface area contributed by atoms with E-state index in [0.29, 0.717) is 18.8 Å². The minimum Gasteiger partial charge on any atom is -0.366 e. The van der Waals surface area contributed by atoms with Crippen molar-refractivity contribution in [2.24, 2.45) is 0 Å². The van der Waals surface area contributed by atoms with Crippen LogP contribution in [0.25, 0.3) is 0 Å². The highest BCUT2D eigenvalue weighted by atomic mass is 32.2. The van der Waals surface area contributed by atoms with Gasteiger partial charge in [0.05, 0.1) is 5.69 Å². The van der Waals surface area contributed by atoms with Crippen molar-refractivity contribution in [3.05, 3.63) is 60.2 Å². The Balaban J connectivity index is 2.38. The van der Waals surface area contributed by atoms with Gasteiger partial charge in [-0.2, -0.15) is 8.42 Å². The second kappa shape index (κ2) is 6.07. The maximum Gasteiger partial charge on any atom is 0.296 e. The molecule has 1 N–H and O–H groups in total. The van der Waals surface area contributed by atoms with E-state index in [1.165, 1.54) is 6.07 Å². The minimum absolute atomic E-state index is 0.0576. The molecule has 0 fully saturated rings. The molecule has 5 heteroatoms. The maximum atomic E-state index is 11.5. The van der Waals surface area contributed by atoms with Crippen LogP contribution in [0.5, 0.6) is 0 Å². The van der Waals surface area contributed by atoms with E-state index >= 15 is 0 Å². The van der Waals surface area contributed by atoms with Gasteiger partial charge in [-0.1, -0.05) is 42.5 Å². The van der Waals surface area contributed by atoms with Crippen molar-refractivity contribution in [2.75, 3.05) is 11.4 Å². The van der Waals surface area contributed by atoms with Crippen molar-refractivity contribution in [2.45, 2.75) is 18.4 Å². The second-order valence-corrected chi connectivity index (χ2v) is 5.83. The zero-order chi connectivity index (χ0) is 14.6. The summed E-state index contributed by atoms with van der Waals surface area (Å²) in [6.07, 6.45) is 0. The summed E-state index contributed by atoms with van der Waals surface area (Å²) in [4.78, 5) is 1.86. The summed E-state index contributed by atoms with van der Waals surface area (Å²) in [5.74, 6) is 0. The third-order valence-corrected chi connectivity index (χ3v) is 3.98. The first-order chi connectivity index (χ1) is 9.52. The molecule has 0 aliphatic carbocycles. The number of hydrogen-bond acceptors (Lipinski definition) is 3. The van der Waals surface area contributed by atoms with Crippen molar-refractivity contribution in [1.82, 2.24) is 0 Å². The van der Waals surface area contributed by atoms with E-state index in [1.807, 2.05) is 42.2 Å². The highest BCUT2D eigenvalue weighted by molar-refractivity contribution is 7.86. The molecule has 2 rings (SSSR count). The van der Waals surface area contributed by atoms with E-state index in [2.05, 4.69) is 0 Å². The van der Waals surface area contributed by atoms with Gasteiger partial charge in [-0.15, -0.1) is 0 Å². The van der Waals surface area contributed by atoms with Gasteiger partial charge in [0.25, 0.3) is 10.1 Å². The third-order valence-electron chi connectivity index (χ3n) is 3.08. The van der Waals surface area contributed by atoms with Gasteiger partial charge in [-0.3, -0.25) is 4.55 Å². The first-order valence-corrected chi connectivity index (χ1v) is 7.81. The molecule has 0 unspecified atom stereocenters. The molecule has 0 aromatic heterocycles. The summed E-state index contributed by atoms with van der Waals surface area (Å²) < 4.78 is 32.2. The molecule has 0 spiro atoms. The summed E-state index contributed by atoms with van der Waals surface area (Å²) in [5.41, 5.74) is 1.60. The van der Waals surface area contributed by atoms with Crippen molar-refractivity contribution in [1.29, 1.82) is 0 Å². The van der Waals surface area contributed by atoms with Crippen molar-refractivity contribution in [3.8, 4) is 0 Å². The van der Waals surface area contributed by atoms with Gasteiger partial charge in [0.2, 0.25) is 0 Å². The molecule has 0 radical (unpaired) electrons. The number of hydrogen-bond donors (Lipinski definition) is 1. The van der Waals surface area contributed by atoms with E-state index in [0.717, 1.165) is 5.56 Å². The molecule has 20 heavy (non-hydrogen) atoms. The molecule has 0 aliphatic heterocycles. The molecule has 4 nitrogen and oxygen atoms in total. The molecular weight excluding hydrogens is 274 g/mol. The molecular formula is C15H17NO3S. The fourth-order valence-electron chi connectivity index (χ4n) is 2.11. The summed E-state index contributed by atoms with van der Waals surface area (Å²) in [6, 6.07) is 16.3. The Morgan fingerprint density at radius 3 is 2.20 bits per heavy atom. The van der Waals surface area contributed by atoms with E-state index in [-0.39, 0.29) is 4.90 Å². The van der Waals surface area contributed by atoms with Gasteiger partial charge in [0, 0.05) is 13.1 Å². The SMILES string of the molecule is CCN(Cc1ccccc1)c1ccccc1S(=O)(=O)O. The van der Waals surface area contributed by atoms with Gasteiger partial charge >= 0.3 is 0 Å². The van der Waals surface area contributed by atoms with E-state index in [9.17, 15) is 13.0 Å². The molecule has 0 bridgehead atoms. The van der Waals surface area contributed by atoms with Crippen LogP contribution in [-0.2, 0) is 16.7 Å². The lowest BCUT2D eigenvalue weighted by molar-refractivity contribution is 0.483. The molecule has 0 atom stereocenters. The van der Waals surface area contributed by atoms with E-state index < -0.39 is 10.1 Å². The van der Waals surface area contributed by atoms with Crippen molar-refractivity contribution < 1.29 is 13.0 Å². The molecule has 0 saturated heterocycles. The minimum atomic E-state index is -4.22. The Kier molecular flexibility index (Phi) is 4.42. The van der Waals surface area contributed by atoms with Crippen LogP contribution in [0.4, 0.5) is 5.69 Å². The fourth-order valence-corrected chi connectivity index (χ4v) is 2.82. The summed E-state index contributed by atoms with van der Waals surface area (Å²) >= 11 is 0. The van der Waals surface area contributed by atoms with Crippen LogP contribution in [0.15, 0.2) is 59.5 Å². The second-order valence-electron chi connectivity index (χ2n) is 4.44. The monoisotopic (exact) mass is 291 g/mol. The average Bonchev–Trinajstić information content (AvgIpc) is 2.45. The zero-order valence-corrected chi connectivity index (χ0v) is 12.0. The van der Waals surface area contributed by atoms with Crippen LogP contribution in [-0.4, -0.2) is 19.5 Å². The van der Waals surface area contributed by atoms with Gasteiger partial charge in [0.15, 0.2) is 0 Å². The lowest BCUT2D eigenvalue weighted by Crippen LogP contribution is -2.24. The molecule has 0 saturated carbocycles. The Bertz CT molecular complexity index is 669. The topological polar surface area (TPSA) is 57.6 Å². The van der Waals surface area contributed by atoms with Crippen molar-refractivity contribution >= 4 is 15.8 Å². The van der Waals surface area contributed by atoms with Gasteiger partial charge in [-0.05, 0) is 24.6 Å². The van der Waals surface area contributed by atoms with Crippen LogP contribution < -0.4 is 4.90 Å². The van der Waals surface area contributed by atoms with Crippen LogP contribution >= 0.6 is 0 Å². The Morgan fingerprint density at radius 1 is 1.00 bits per heavy atom. The van der Waals surface area contributed by atoms with Crippen LogP contribution in [0.3, 0.4) is 0 Å². The largest absolute Gasteiger partial charge is 0.366 e. The normalized spacial score (nSPS) is 11.3. The number of para-hydroxylation sites is 1. The van der Waals surface area contributed by atoms with E-state index in [1.54, 1.807) is 18.2 Å².